The third-order valence-electron chi connectivity index (χ3n) is 3.74. The molecule has 0 bridgehead atoms. The number of aromatic nitrogens is 1. The number of anilines is 1. The van der Waals surface area contributed by atoms with Crippen LogP contribution in [0, 0.1) is 0 Å². The Balaban J connectivity index is 1.57. The second-order valence-electron chi connectivity index (χ2n) is 5.42. The van der Waals surface area contributed by atoms with Crippen LogP contribution in [0.2, 0.25) is 0 Å². The molecule has 0 fully saturated rings. The van der Waals surface area contributed by atoms with Crippen molar-refractivity contribution in [1.29, 1.82) is 0 Å². The number of nitrogens with zero attached hydrogens (tertiary/aromatic N) is 1. The second-order valence-corrected chi connectivity index (χ2v) is 7.10. The second kappa shape index (κ2) is 6.10. The lowest BCUT2D eigenvalue weighted by Crippen LogP contribution is -2.13. The molecule has 0 aliphatic carbocycles. The molecule has 0 spiro atoms. The molecule has 6 nitrogen and oxygen atoms in total. The Morgan fingerprint density at radius 3 is 2.48 bits per heavy atom. The fraction of sp³-hybridized carbons (Fsp3) is 0.0556. The summed E-state index contributed by atoms with van der Waals surface area (Å²) in [6, 6.07) is 17.6. The molecule has 2 aromatic carbocycles. The largest absolute Gasteiger partial charge is 0.454 e. The lowest BCUT2D eigenvalue weighted by Gasteiger charge is -2.09. The highest BCUT2D eigenvalue weighted by molar-refractivity contribution is 7.92. The Kier molecular flexibility index (Phi) is 3.77. The molecular formula is C18H14N2O4S. The van der Waals surface area contributed by atoms with Crippen LogP contribution in [-0.4, -0.2) is 20.2 Å². The molecule has 0 saturated heterocycles. The Bertz CT molecular complexity index is 1000. The highest BCUT2D eigenvalue weighted by Crippen LogP contribution is 2.34. The van der Waals surface area contributed by atoms with Crippen molar-refractivity contribution in [3.8, 4) is 22.8 Å². The molecule has 0 saturated carbocycles. The van der Waals surface area contributed by atoms with E-state index < -0.39 is 10.0 Å². The smallest absolute Gasteiger partial charge is 0.262 e. The molecule has 0 amide bonds. The molecule has 126 valence electrons. The lowest BCUT2D eigenvalue weighted by molar-refractivity contribution is 0.174. The van der Waals surface area contributed by atoms with E-state index in [9.17, 15) is 8.42 Å². The van der Waals surface area contributed by atoms with Gasteiger partial charge in [0.2, 0.25) is 6.79 Å². The van der Waals surface area contributed by atoms with Crippen molar-refractivity contribution in [3.63, 3.8) is 0 Å². The lowest BCUT2D eigenvalue weighted by atomic mass is 10.1. The average Bonchev–Trinajstić information content (AvgIpc) is 3.10. The zero-order valence-corrected chi connectivity index (χ0v) is 13.9. The van der Waals surface area contributed by atoms with E-state index in [0.29, 0.717) is 17.2 Å². The summed E-state index contributed by atoms with van der Waals surface area (Å²) < 4.78 is 38.0. The van der Waals surface area contributed by atoms with Gasteiger partial charge in [0, 0.05) is 11.6 Å². The van der Waals surface area contributed by atoms with Gasteiger partial charge in [-0.1, -0.05) is 30.3 Å². The minimum absolute atomic E-state index is 0.0944. The number of pyridine rings is 1. The first-order chi connectivity index (χ1) is 12.1. The number of ether oxygens (including phenoxy) is 2. The van der Waals surface area contributed by atoms with Crippen molar-refractivity contribution in [2.75, 3.05) is 11.5 Å². The highest BCUT2D eigenvalue weighted by Gasteiger charge is 2.20. The topological polar surface area (TPSA) is 77.5 Å². The summed E-state index contributed by atoms with van der Waals surface area (Å²) in [6.07, 6.45) is 1.49. The molecule has 1 aromatic heterocycles. The molecule has 4 rings (SSSR count). The zero-order chi connectivity index (χ0) is 17.3. The molecule has 1 aliphatic heterocycles. The van der Waals surface area contributed by atoms with Crippen LogP contribution >= 0.6 is 0 Å². The van der Waals surface area contributed by atoms with Crippen molar-refractivity contribution in [3.05, 3.63) is 66.9 Å². The number of benzene rings is 2. The molecule has 7 heteroatoms. The number of hydrogen-bond donors (Lipinski definition) is 1. The minimum Gasteiger partial charge on any atom is -0.454 e. The summed E-state index contributed by atoms with van der Waals surface area (Å²) in [6.45, 7) is 0.0944. The molecule has 1 N–H and O–H groups in total. The van der Waals surface area contributed by atoms with Crippen LogP contribution in [0.5, 0.6) is 11.5 Å². The van der Waals surface area contributed by atoms with Crippen molar-refractivity contribution >= 4 is 15.7 Å². The Morgan fingerprint density at radius 1 is 0.920 bits per heavy atom. The molecule has 0 atom stereocenters. The molecule has 25 heavy (non-hydrogen) atoms. The molecule has 0 unspecified atom stereocenters. The first-order valence-electron chi connectivity index (χ1n) is 7.56. The van der Waals surface area contributed by atoms with E-state index in [0.717, 1.165) is 11.3 Å². The summed E-state index contributed by atoms with van der Waals surface area (Å²) in [4.78, 5) is 4.41. The van der Waals surface area contributed by atoms with Gasteiger partial charge in [-0.2, -0.15) is 0 Å². The van der Waals surface area contributed by atoms with E-state index in [2.05, 4.69) is 9.71 Å². The Hall–Kier alpha value is -3.06. The molecule has 1 aliphatic rings. The zero-order valence-electron chi connectivity index (χ0n) is 13.0. The first-order valence-corrected chi connectivity index (χ1v) is 9.04. The highest BCUT2D eigenvalue weighted by atomic mass is 32.2. The van der Waals surface area contributed by atoms with E-state index in [1.165, 1.54) is 18.3 Å². The van der Waals surface area contributed by atoms with Gasteiger partial charge >= 0.3 is 0 Å². The molecule has 0 radical (unpaired) electrons. The van der Waals surface area contributed by atoms with Crippen molar-refractivity contribution < 1.29 is 17.9 Å². The molecule has 2 heterocycles. The van der Waals surface area contributed by atoms with E-state index in [1.807, 2.05) is 30.3 Å². The standard InChI is InChI=1S/C18H14N2O4S/c21-25(22,15-7-9-17-18(10-15)24-12-23-17)20-14-6-8-16(19-11-14)13-4-2-1-3-5-13/h1-11,20H,12H2. The Labute approximate surface area is 145 Å². The maximum absolute atomic E-state index is 12.5. The van der Waals surface area contributed by atoms with E-state index in [-0.39, 0.29) is 11.7 Å². The Morgan fingerprint density at radius 2 is 1.72 bits per heavy atom. The maximum atomic E-state index is 12.5. The van der Waals surface area contributed by atoms with Gasteiger partial charge in [-0.15, -0.1) is 0 Å². The van der Waals surface area contributed by atoms with E-state index in [4.69, 9.17) is 9.47 Å². The van der Waals surface area contributed by atoms with Gasteiger partial charge in [0.25, 0.3) is 10.0 Å². The van der Waals surface area contributed by atoms with Gasteiger partial charge < -0.3 is 9.47 Å². The normalized spacial score (nSPS) is 12.8. The third-order valence-corrected chi connectivity index (χ3v) is 5.12. The van der Waals surface area contributed by atoms with Crippen molar-refractivity contribution in [2.45, 2.75) is 4.90 Å². The molecular weight excluding hydrogens is 340 g/mol. The summed E-state index contributed by atoms with van der Waals surface area (Å²) in [7, 11) is -3.74. The number of nitrogens with one attached hydrogen (secondary N) is 1. The number of fused-ring (bicyclic) bond motifs is 1. The van der Waals surface area contributed by atoms with Gasteiger partial charge in [-0.25, -0.2) is 8.42 Å². The van der Waals surface area contributed by atoms with Crippen LogP contribution in [0.25, 0.3) is 11.3 Å². The van der Waals surface area contributed by atoms with Gasteiger partial charge in [-0.05, 0) is 24.3 Å². The van der Waals surface area contributed by atoms with Crippen LogP contribution in [0.1, 0.15) is 0 Å². The van der Waals surface area contributed by atoms with Crippen molar-refractivity contribution in [2.24, 2.45) is 0 Å². The van der Waals surface area contributed by atoms with Crippen LogP contribution < -0.4 is 14.2 Å². The SMILES string of the molecule is O=S(=O)(Nc1ccc(-c2ccccc2)nc1)c1ccc2c(c1)OCO2. The van der Waals surface area contributed by atoms with Gasteiger partial charge in [0.05, 0.1) is 22.5 Å². The van der Waals surface area contributed by atoms with Gasteiger partial charge in [0.1, 0.15) is 0 Å². The maximum Gasteiger partial charge on any atom is 0.262 e. The fourth-order valence-corrected chi connectivity index (χ4v) is 3.55. The summed E-state index contributed by atoms with van der Waals surface area (Å²) >= 11 is 0. The average molecular weight is 354 g/mol. The molecule has 3 aromatic rings. The van der Waals surface area contributed by atoms with Crippen LogP contribution in [0.15, 0.2) is 71.8 Å². The first kappa shape index (κ1) is 15.5. The van der Waals surface area contributed by atoms with Crippen LogP contribution in [0.4, 0.5) is 5.69 Å². The quantitative estimate of drug-likeness (QED) is 0.778. The van der Waals surface area contributed by atoms with Crippen molar-refractivity contribution in [1.82, 2.24) is 4.98 Å². The van der Waals surface area contributed by atoms with Crippen LogP contribution in [-0.2, 0) is 10.0 Å². The van der Waals surface area contributed by atoms with E-state index in [1.54, 1.807) is 18.2 Å². The fourth-order valence-electron chi connectivity index (χ4n) is 2.49. The van der Waals surface area contributed by atoms with Crippen LogP contribution in [0.3, 0.4) is 0 Å². The third kappa shape index (κ3) is 3.14. The summed E-state index contributed by atoms with van der Waals surface area (Å²) in [5.74, 6) is 0.952. The predicted octanol–water partition coefficient (Wildman–Crippen LogP) is 3.28. The number of rotatable bonds is 4. The van der Waals surface area contributed by atoms with Gasteiger partial charge in [-0.3, -0.25) is 9.71 Å². The number of hydrogen-bond acceptors (Lipinski definition) is 5. The van der Waals surface area contributed by atoms with Gasteiger partial charge in [0.15, 0.2) is 11.5 Å². The minimum atomic E-state index is -3.74. The summed E-state index contributed by atoms with van der Waals surface area (Å²) in [5, 5.41) is 0. The summed E-state index contributed by atoms with van der Waals surface area (Å²) in [5.41, 5.74) is 2.12. The van der Waals surface area contributed by atoms with E-state index >= 15 is 0 Å². The number of sulfonamides is 1. The predicted molar refractivity (Wildman–Crippen MR) is 93.0 cm³/mol. The monoisotopic (exact) mass is 354 g/mol.